The number of likely N-dealkylation sites (tertiary alicyclic amines) is 1. The first-order chi connectivity index (χ1) is 14.1. The third-order valence-electron chi connectivity index (χ3n) is 5.29. The minimum atomic E-state index is -0.205. The number of nitrogens with zero attached hydrogens (tertiary/aromatic N) is 3. The van der Waals surface area contributed by atoms with Crippen molar-refractivity contribution in [2.45, 2.75) is 26.2 Å². The molecule has 3 heterocycles. The van der Waals surface area contributed by atoms with Crippen LogP contribution in [0.1, 0.15) is 24.2 Å². The molecule has 7 nitrogen and oxygen atoms in total. The number of rotatable bonds is 6. The molecule has 1 fully saturated rings. The van der Waals surface area contributed by atoms with Crippen LogP contribution in [0.25, 0.3) is 5.00 Å². The number of hydrogen-bond donors (Lipinski definition) is 1. The molecule has 29 heavy (non-hydrogen) atoms. The van der Waals surface area contributed by atoms with E-state index in [-0.39, 0.29) is 18.2 Å². The van der Waals surface area contributed by atoms with Crippen LogP contribution in [-0.4, -0.2) is 45.3 Å². The number of piperidine rings is 1. The Kier molecular flexibility index (Phi) is 5.80. The fraction of sp³-hybridized carbons (Fsp3) is 0.381. The molecule has 1 aliphatic heterocycles. The number of hydrogen-bond acceptors (Lipinski definition) is 5. The molecule has 0 bridgehead atoms. The lowest BCUT2D eigenvalue weighted by Crippen LogP contribution is -2.41. The largest absolute Gasteiger partial charge is 0.484 e. The van der Waals surface area contributed by atoms with Gasteiger partial charge < -0.3 is 9.64 Å². The van der Waals surface area contributed by atoms with Crippen LogP contribution >= 0.6 is 11.3 Å². The fourth-order valence-electron chi connectivity index (χ4n) is 3.61. The molecule has 2 aromatic heterocycles. The highest BCUT2D eigenvalue weighted by Gasteiger charge is 2.25. The smallest absolute Gasteiger partial charge is 0.348 e. The summed E-state index contributed by atoms with van der Waals surface area (Å²) in [6.45, 7) is 3.48. The minimum absolute atomic E-state index is 0.0132. The van der Waals surface area contributed by atoms with E-state index in [0.29, 0.717) is 24.8 Å². The molecule has 0 aliphatic carbocycles. The molecule has 1 aromatic carbocycles. The van der Waals surface area contributed by atoms with Gasteiger partial charge in [-0.25, -0.2) is 14.5 Å². The van der Waals surface area contributed by atoms with Crippen LogP contribution in [0, 0.1) is 12.8 Å². The van der Waals surface area contributed by atoms with Crippen molar-refractivity contribution >= 4 is 17.2 Å². The van der Waals surface area contributed by atoms with E-state index in [4.69, 9.17) is 4.74 Å². The van der Waals surface area contributed by atoms with Crippen LogP contribution in [0.3, 0.4) is 0 Å². The van der Waals surface area contributed by atoms with Crippen molar-refractivity contribution in [1.82, 2.24) is 19.7 Å². The monoisotopic (exact) mass is 412 g/mol. The highest BCUT2D eigenvalue weighted by Crippen LogP contribution is 2.23. The van der Waals surface area contributed by atoms with Gasteiger partial charge in [0.15, 0.2) is 6.61 Å². The molecule has 1 amide bonds. The molecule has 8 heteroatoms. The standard InChI is InChI=1S/C21H24N4O3S/c1-15-4-6-17(7-5-15)28-14-19(26)24-10-8-16(9-11-24)13-18-22-23-21(27)25(18)20-3-2-12-29-20/h2-7,12,16H,8-11,13-14H2,1H3,(H,23,27). The molecule has 1 N–H and O–H groups in total. The zero-order valence-corrected chi connectivity index (χ0v) is 17.2. The molecule has 1 saturated heterocycles. The summed E-state index contributed by atoms with van der Waals surface area (Å²) in [6.07, 6.45) is 2.50. The third kappa shape index (κ3) is 4.59. The Morgan fingerprint density at radius 2 is 2.00 bits per heavy atom. The average Bonchev–Trinajstić information content (AvgIpc) is 3.37. The number of carbonyl (C=O) groups excluding carboxylic acids is 1. The first kappa shape index (κ1) is 19.4. The maximum absolute atomic E-state index is 12.5. The number of amides is 1. The Hall–Kier alpha value is -2.87. The van der Waals surface area contributed by atoms with E-state index in [9.17, 15) is 9.59 Å². The van der Waals surface area contributed by atoms with Gasteiger partial charge in [-0.15, -0.1) is 11.3 Å². The number of H-pyrrole nitrogens is 1. The second-order valence-corrected chi connectivity index (χ2v) is 8.29. The normalized spacial score (nSPS) is 14.9. The fourth-order valence-corrected chi connectivity index (χ4v) is 4.35. The highest BCUT2D eigenvalue weighted by molar-refractivity contribution is 7.12. The predicted octanol–water partition coefficient (Wildman–Crippen LogP) is 2.79. The van der Waals surface area contributed by atoms with E-state index in [2.05, 4.69) is 10.2 Å². The van der Waals surface area contributed by atoms with E-state index in [1.807, 2.05) is 53.6 Å². The lowest BCUT2D eigenvalue weighted by molar-refractivity contribution is -0.134. The van der Waals surface area contributed by atoms with E-state index >= 15 is 0 Å². The predicted molar refractivity (Wildman–Crippen MR) is 112 cm³/mol. The number of carbonyl (C=O) groups is 1. The van der Waals surface area contributed by atoms with Crippen molar-refractivity contribution in [3.63, 3.8) is 0 Å². The van der Waals surface area contributed by atoms with E-state index in [1.165, 1.54) is 11.3 Å². The first-order valence-electron chi connectivity index (χ1n) is 9.77. The van der Waals surface area contributed by atoms with Gasteiger partial charge in [-0.3, -0.25) is 4.79 Å². The van der Waals surface area contributed by atoms with Crippen LogP contribution in [-0.2, 0) is 11.2 Å². The first-order valence-corrected chi connectivity index (χ1v) is 10.7. The van der Waals surface area contributed by atoms with Gasteiger partial charge in [0.25, 0.3) is 5.91 Å². The zero-order valence-electron chi connectivity index (χ0n) is 16.3. The van der Waals surface area contributed by atoms with Crippen molar-refractivity contribution in [1.29, 1.82) is 0 Å². The summed E-state index contributed by atoms with van der Waals surface area (Å²) in [5.41, 5.74) is 0.954. The number of ether oxygens (including phenoxy) is 1. The third-order valence-corrected chi connectivity index (χ3v) is 6.14. The number of nitrogens with one attached hydrogen (secondary N) is 1. The summed E-state index contributed by atoms with van der Waals surface area (Å²) in [4.78, 5) is 26.4. The summed E-state index contributed by atoms with van der Waals surface area (Å²) < 4.78 is 7.27. The zero-order chi connectivity index (χ0) is 20.2. The lowest BCUT2D eigenvalue weighted by atomic mass is 9.93. The summed E-state index contributed by atoms with van der Waals surface area (Å²) in [7, 11) is 0. The number of thiophene rings is 1. The molecule has 0 atom stereocenters. The van der Waals surface area contributed by atoms with Gasteiger partial charge in [0.2, 0.25) is 0 Å². The van der Waals surface area contributed by atoms with E-state index in [1.54, 1.807) is 4.57 Å². The van der Waals surface area contributed by atoms with Gasteiger partial charge in [0.05, 0.1) is 0 Å². The topological polar surface area (TPSA) is 80.2 Å². The van der Waals surface area contributed by atoms with Gasteiger partial charge in [-0.1, -0.05) is 17.7 Å². The van der Waals surface area contributed by atoms with Crippen LogP contribution in [0.15, 0.2) is 46.6 Å². The second kappa shape index (κ2) is 8.65. The molecule has 0 radical (unpaired) electrons. The maximum Gasteiger partial charge on any atom is 0.348 e. The molecule has 0 spiro atoms. The SMILES string of the molecule is Cc1ccc(OCC(=O)N2CCC(Cc3n[nH]c(=O)n3-c3cccs3)CC2)cc1. The summed E-state index contributed by atoms with van der Waals surface area (Å²) in [6, 6.07) is 11.5. The molecule has 152 valence electrons. The maximum atomic E-state index is 12.5. The number of aryl methyl sites for hydroxylation is 1. The van der Waals surface area contributed by atoms with Gasteiger partial charge >= 0.3 is 5.69 Å². The highest BCUT2D eigenvalue weighted by atomic mass is 32.1. The van der Waals surface area contributed by atoms with Crippen molar-refractivity contribution in [3.8, 4) is 10.8 Å². The van der Waals surface area contributed by atoms with Crippen LogP contribution in [0.4, 0.5) is 0 Å². The Labute approximate surface area is 172 Å². The molecular formula is C21H24N4O3S. The van der Waals surface area contributed by atoms with Gasteiger partial charge in [-0.2, -0.15) is 5.10 Å². The second-order valence-electron chi connectivity index (χ2n) is 7.36. The molecule has 1 aliphatic rings. The van der Waals surface area contributed by atoms with Gasteiger partial charge in [0.1, 0.15) is 16.6 Å². The van der Waals surface area contributed by atoms with E-state index in [0.717, 1.165) is 35.7 Å². The summed E-state index contributed by atoms with van der Waals surface area (Å²) >= 11 is 1.52. The Morgan fingerprint density at radius 3 is 2.69 bits per heavy atom. The average molecular weight is 413 g/mol. The Balaban J connectivity index is 1.29. The Morgan fingerprint density at radius 1 is 1.24 bits per heavy atom. The van der Waals surface area contributed by atoms with Crippen LogP contribution in [0.5, 0.6) is 5.75 Å². The quantitative estimate of drug-likeness (QED) is 0.675. The van der Waals surface area contributed by atoms with Crippen LogP contribution < -0.4 is 10.4 Å². The molecule has 0 unspecified atom stereocenters. The van der Waals surface area contributed by atoms with Gasteiger partial charge in [-0.05, 0) is 55.3 Å². The summed E-state index contributed by atoms with van der Waals surface area (Å²) in [5.74, 6) is 1.87. The summed E-state index contributed by atoms with van der Waals surface area (Å²) in [5, 5.41) is 9.60. The van der Waals surface area contributed by atoms with Crippen molar-refractivity contribution < 1.29 is 9.53 Å². The molecule has 3 aromatic rings. The van der Waals surface area contributed by atoms with Crippen molar-refractivity contribution in [2.24, 2.45) is 5.92 Å². The molecule has 0 saturated carbocycles. The van der Waals surface area contributed by atoms with Crippen molar-refractivity contribution in [3.05, 3.63) is 63.7 Å². The van der Waals surface area contributed by atoms with E-state index < -0.39 is 0 Å². The van der Waals surface area contributed by atoms with Gasteiger partial charge in [0, 0.05) is 19.5 Å². The minimum Gasteiger partial charge on any atom is -0.484 e. The Bertz CT molecular complexity index is 999. The molecule has 4 rings (SSSR count). The van der Waals surface area contributed by atoms with Crippen LogP contribution in [0.2, 0.25) is 0 Å². The number of aromatic nitrogens is 3. The number of aromatic amines is 1. The lowest BCUT2D eigenvalue weighted by Gasteiger charge is -2.31. The number of benzene rings is 1. The molecular weight excluding hydrogens is 388 g/mol. The van der Waals surface area contributed by atoms with Crippen molar-refractivity contribution in [2.75, 3.05) is 19.7 Å².